The number of rotatable bonds is 6. The van der Waals surface area contributed by atoms with Crippen molar-refractivity contribution in [1.82, 2.24) is 9.62 Å². The minimum absolute atomic E-state index is 0.0946. The number of thiophene rings is 1. The Bertz CT molecular complexity index is 600. The molecule has 0 aromatic carbocycles. The van der Waals surface area contributed by atoms with Crippen LogP contribution in [0, 0.1) is 0 Å². The Morgan fingerprint density at radius 1 is 1.52 bits per heavy atom. The van der Waals surface area contributed by atoms with Gasteiger partial charge in [-0.25, -0.2) is 8.42 Å². The molecule has 1 atom stereocenters. The average molecular weight is 351 g/mol. The number of amides is 1. The van der Waals surface area contributed by atoms with E-state index in [9.17, 15) is 13.2 Å². The normalized spacial score (nSPS) is 19.8. The molecule has 21 heavy (non-hydrogen) atoms. The molecule has 1 unspecified atom stereocenters. The van der Waals surface area contributed by atoms with Crippen LogP contribution in [0.2, 0.25) is 4.34 Å². The average Bonchev–Trinajstić information content (AvgIpc) is 3.04. The van der Waals surface area contributed by atoms with Gasteiger partial charge in [0.1, 0.15) is 6.04 Å². The quantitative estimate of drug-likeness (QED) is 0.855. The molecule has 0 aliphatic carbocycles. The minimum Gasteiger partial charge on any atom is -0.350 e. The second-order valence-corrected chi connectivity index (χ2v) is 8.85. The lowest BCUT2D eigenvalue weighted by Gasteiger charge is -2.23. The van der Waals surface area contributed by atoms with Gasteiger partial charge < -0.3 is 5.32 Å². The van der Waals surface area contributed by atoms with Gasteiger partial charge >= 0.3 is 0 Å². The van der Waals surface area contributed by atoms with Crippen LogP contribution in [0.3, 0.4) is 0 Å². The molecule has 1 saturated heterocycles. The largest absolute Gasteiger partial charge is 0.350 e. The molecule has 1 aliphatic heterocycles. The van der Waals surface area contributed by atoms with Crippen LogP contribution in [-0.4, -0.2) is 37.0 Å². The van der Waals surface area contributed by atoms with E-state index in [0.717, 1.165) is 11.3 Å². The summed E-state index contributed by atoms with van der Waals surface area (Å²) in [7, 11) is -3.33. The molecule has 118 valence electrons. The van der Waals surface area contributed by atoms with Gasteiger partial charge in [0.25, 0.3) is 0 Å². The van der Waals surface area contributed by atoms with Crippen molar-refractivity contribution in [2.75, 3.05) is 12.3 Å². The zero-order valence-corrected chi connectivity index (χ0v) is 14.2. The third-order valence-corrected chi connectivity index (χ3v) is 6.70. The maximum atomic E-state index is 12.2. The van der Waals surface area contributed by atoms with E-state index in [0.29, 0.717) is 30.3 Å². The highest BCUT2D eigenvalue weighted by Gasteiger charge is 2.37. The van der Waals surface area contributed by atoms with E-state index in [-0.39, 0.29) is 11.7 Å². The molecule has 8 heteroatoms. The van der Waals surface area contributed by atoms with Gasteiger partial charge in [-0.15, -0.1) is 11.3 Å². The molecule has 0 bridgehead atoms. The van der Waals surface area contributed by atoms with E-state index in [1.54, 1.807) is 6.07 Å². The van der Waals surface area contributed by atoms with Gasteiger partial charge in [0.15, 0.2) is 0 Å². The first-order chi connectivity index (χ1) is 9.94. The number of halogens is 1. The predicted molar refractivity (Wildman–Crippen MR) is 85.0 cm³/mol. The molecule has 1 amide bonds. The highest BCUT2D eigenvalue weighted by atomic mass is 35.5. The topological polar surface area (TPSA) is 66.5 Å². The molecule has 0 spiro atoms. The lowest BCUT2D eigenvalue weighted by molar-refractivity contribution is -0.124. The molecule has 0 saturated carbocycles. The van der Waals surface area contributed by atoms with Crippen LogP contribution in [0.1, 0.15) is 31.1 Å². The van der Waals surface area contributed by atoms with Crippen molar-refractivity contribution in [2.45, 2.75) is 38.8 Å². The fraction of sp³-hybridized carbons (Fsp3) is 0.615. The number of nitrogens with one attached hydrogen (secondary N) is 1. The zero-order valence-electron chi connectivity index (χ0n) is 11.8. The van der Waals surface area contributed by atoms with Gasteiger partial charge in [0.05, 0.1) is 16.6 Å². The van der Waals surface area contributed by atoms with Crippen LogP contribution in [0.15, 0.2) is 12.1 Å². The number of hydrogen-bond acceptors (Lipinski definition) is 4. The second-order valence-electron chi connectivity index (χ2n) is 5.01. The van der Waals surface area contributed by atoms with Crippen molar-refractivity contribution < 1.29 is 13.2 Å². The van der Waals surface area contributed by atoms with Gasteiger partial charge in [-0.05, 0) is 31.4 Å². The van der Waals surface area contributed by atoms with Crippen molar-refractivity contribution in [2.24, 2.45) is 0 Å². The molecule has 1 aliphatic rings. The molecule has 2 rings (SSSR count). The number of nitrogens with zero attached hydrogens (tertiary/aromatic N) is 1. The Kier molecular flexibility index (Phi) is 5.65. The first-order valence-electron chi connectivity index (χ1n) is 6.95. The molecule has 1 fully saturated rings. The molecule has 1 N–H and O–H groups in total. The summed E-state index contributed by atoms with van der Waals surface area (Å²) in [5.74, 6) is -0.131. The fourth-order valence-corrected chi connectivity index (χ4v) is 5.22. The minimum atomic E-state index is -3.33. The first-order valence-corrected chi connectivity index (χ1v) is 9.76. The van der Waals surface area contributed by atoms with Crippen molar-refractivity contribution in [3.05, 3.63) is 21.3 Å². The molecule has 5 nitrogen and oxygen atoms in total. The number of carbonyl (C=O) groups excluding carboxylic acids is 1. The van der Waals surface area contributed by atoms with E-state index >= 15 is 0 Å². The molecule has 1 aromatic heterocycles. The molecular formula is C13H19ClN2O3S2. The van der Waals surface area contributed by atoms with Crippen molar-refractivity contribution in [1.29, 1.82) is 0 Å². The van der Waals surface area contributed by atoms with Crippen molar-refractivity contribution in [3.8, 4) is 0 Å². The van der Waals surface area contributed by atoms with Crippen molar-refractivity contribution >= 4 is 38.9 Å². The lowest BCUT2D eigenvalue weighted by atomic mass is 10.2. The van der Waals surface area contributed by atoms with Crippen LogP contribution in [0.5, 0.6) is 0 Å². The van der Waals surface area contributed by atoms with E-state index in [4.69, 9.17) is 11.6 Å². The summed E-state index contributed by atoms with van der Waals surface area (Å²) in [6.45, 7) is 2.64. The summed E-state index contributed by atoms with van der Waals surface area (Å²) in [5.41, 5.74) is 0. The van der Waals surface area contributed by atoms with Gasteiger partial charge in [-0.2, -0.15) is 4.31 Å². The van der Waals surface area contributed by atoms with E-state index in [2.05, 4.69) is 5.32 Å². The Labute approximate surface area is 134 Å². The third-order valence-electron chi connectivity index (χ3n) is 3.39. The Balaban J connectivity index is 1.97. The first kappa shape index (κ1) is 16.7. The standard InChI is InChI=1S/C13H19ClN2O3S2/c1-2-8-21(18,19)16-7-3-4-11(16)13(17)15-9-10-5-6-12(14)20-10/h5-6,11H,2-4,7-9H2,1H3,(H,15,17). The van der Waals surface area contributed by atoms with Crippen LogP contribution in [0.4, 0.5) is 0 Å². The van der Waals surface area contributed by atoms with Crippen LogP contribution < -0.4 is 5.32 Å². The van der Waals surface area contributed by atoms with E-state index < -0.39 is 16.1 Å². The molecular weight excluding hydrogens is 332 g/mol. The molecule has 1 aromatic rings. The smallest absolute Gasteiger partial charge is 0.238 e. The summed E-state index contributed by atoms with van der Waals surface area (Å²) < 4.78 is 26.3. The number of sulfonamides is 1. The van der Waals surface area contributed by atoms with E-state index in [1.165, 1.54) is 15.6 Å². The van der Waals surface area contributed by atoms with Gasteiger partial charge in [0, 0.05) is 11.4 Å². The summed E-state index contributed by atoms with van der Waals surface area (Å²) in [6.07, 6.45) is 1.87. The fourth-order valence-electron chi connectivity index (χ4n) is 2.45. The van der Waals surface area contributed by atoms with Crippen LogP contribution >= 0.6 is 22.9 Å². The second kappa shape index (κ2) is 7.09. The summed E-state index contributed by atoms with van der Waals surface area (Å²) in [6, 6.07) is 3.06. The van der Waals surface area contributed by atoms with Crippen LogP contribution in [-0.2, 0) is 21.4 Å². The molecule has 0 radical (unpaired) electrons. The summed E-state index contributed by atoms with van der Waals surface area (Å²) in [5, 5.41) is 2.81. The maximum absolute atomic E-state index is 12.2. The summed E-state index contributed by atoms with van der Waals surface area (Å²) >= 11 is 7.24. The Morgan fingerprint density at radius 2 is 2.29 bits per heavy atom. The summed E-state index contributed by atoms with van der Waals surface area (Å²) in [4.78, 5) is 13.2. The van der Waals surface area contributed by atoms with Crippen molar-refractivity contribution in [3.63, 3.8) is 0 Å². The number of carbonyl (C=O) groups is 1. The van der Waals surface area contributed by atoms with Gasteiger partial charge in [-0.3, -0.25) is 4.79 Å². The highest BCUT2D eigenvalue weighted by molar-refractivity contribution is 7.89. The van der Waals surface area contributed by atoms with Gasteiger partial charge in [0.2, 0.25) is 15.9 Å². The number of hydrogen-bond donors (Lipinski definition) is 1. The lowest BCUT2D eigenvalue weighted by Crippen LogP contribution is -2.46. The van der Waals surface area contributed by atoms with E-state index in [1.807, 2.05) is 13.0 Å². The monoisotopic (exact) mass is 350 g/mol. The highest BCUT2D eigenvalue weighted by Crippen LogP contribution is 2.23. The van der Waals surface area contributed by atoms with Crippen LogP contribution in [0.25, 0.3) is 0 Å². The Morgan fingerprint density at radius 3 is 2.90 bits per heavy atom. The predicted octanol–water partition coefficient (Wildman–Crippen LogP) is 2.22. The van der Waals surface area contributed by atoms with Gasteiger partial charge in [-0.1, -0.05) is 18.5 Å². The third kappa shape index (κ3) is 4.18. The zero-order chi connectivity index (χ0) is 15.5. The SMILES string of the molecule is CCCS(=O)(=O)N1CCCC1C(=O)NCc1ccc(Cl)s1. The molecule has 2 heterocycles. The maximum Gasteiger partial charge on any atom is 0.238 e. The Hall–Kier alpha value is -0.630.